The number of aryl methyl sites for hydroxylation is 2. The summed E-state index contributed by atoms with van der Waals surface area (Å²) >= 11 is 1.70. The van der Waals surface area contributed by atoms with E-state index in [1.807, 2.05) is 23.6 Å². The summed E-state index contributed by atoms with van der Waals surface area (Å²) in [5.41, 5.74) is 3.38. The molecule has 1 aliphatic heterocycles. The summed E-state index contributed by atoms with van der Waals surface area (Å²) in [6.45, 7) is 1.02. The Morgan fingerprint density at radius 2 is 2.24 bits per heavy atom. The van der Waals surface area contributed by atoms with Gasteiger partial charge in [0.15, 0.2) is 0 Å². The minimum absolute atomic E-state index is 0. The number of nitrogens with one attached hydrogen (secondary N) is 2. The van der Waals surface area contributed by atoms with Crippen LogP contribution in [0.25, 0.3) is 0 Å². The van der Waals surface area contributed by atoms with Crippen molar-refractivity contribution < 1.29 is 4.79 Å². The third kappa shape index (κ3) is 4.22. The molecule has 21 heavy (non-hydrogen) atoms. The molecule has 2 N–H and O–H groups in total. The van der Waals surface area contributed by atoms with Crippen molar-refractivity contribution in [3.8, 4) is 0 Å². The minimum Gasteiger partial charge on any atom is -0.385 e. The second-order valence-electron chi connectivity index (χ2n) is 5.03. The van der Waals surface area contributed by atoms with Gasteiger partial charge in [0, 0.05) is 29.2 Å². The maximum atomic E-state index is 11.9. The Morgan fingerprint density at radius 1 is 1.33 bits per heavy atom. The van der Waals surface area contributed by atoms with Crippen molar-refractivity contribution in [2.75, 3.05) is 17.2 Å². The van der Waals surface area contributed by atoms with Gasteiger partial charge in [-0.05, 0) is 48.4 Å². The SMILES string of the molecule is Cl.O=C(CCc1cccs1)Nc1ccc2c(c1)NCCC2. The standard InChI is InChI=1S/C16H18N2OS.ClH/c19-16(8-7-14-4-2-10-20-14)18-13-6-5-12-3-1-9-17-15(12)11-13;/h2,4-6,10-11,17H,1,3,7-9H2,(H,18,19);1H. The molecule has 0 radical (unpaired) electrons. The van der Waals surface area contributed by atoms with Crippen LogP contribution < -0.4 is 10.6 Å². The van der Waals surface area contributed by atoms with Crippen molar-refractivity contribution in [1.82, 2.24) is 0 Å². The van der Waals surface area contributed by atoms with Gasteiger partial charge in [0.05, 0.1) is 0 Å². The van der Waals surface area contributed by atoms with Gasteiger partial charge in [-0.2, -0.15) is 0 Å². The third-order valence-electron chi connectivity index (χ3n) is 3.51. The first-order valence-corrected chi connectivity index (χ1v) is 7.88. The van der Waals surface area contributed by atoms with Crippen LogP contribution >= 0.6 is 23.7 Å². The molecule has 0 saturated carbocycles. The van der Waals surface area contributed by atoms with Gasteiger partial charge in [0.2, 0.25) is 5.91 Å². The van der Waals surface area contributed by atoms with Crippen molar-refractivity contribution in [2.24, 2.45) is 0 Å². The zero-order valence-corrected chi connectivity index (χ0v) is 13.4. The molecule has 0 aliphatic carbocycles. The van der Waals surface area contributed by atoms with E-state index in [0.29, 0.717) is 6.42 Å². The van der Waals surface area contributed by atoms with Crippen LogP contribution in [0.3, 0.4) is 0 Å². The highest BCUT2D eigenvalue weighted by Crippen LogP contribution is 2.25. The first-order valence-electron chi connectivity index (χ1n) is 7.00. The topological polar surface area (TPSA) is 41.1 Å². The summed E-state index contributed by atoms with van der Waals surface area (Å²) in [5, 5.41) is 8.41. The number of carbonyl (C=O) groups is 1. The smallest absolute Gasteiger partial charge is 0.224 e. The summed E-state index contributed by atoms with van der Waals surface area (Å²) in [6, 6.07) is 10.2. The van der Waals surface area contributed by atoms with E-state index in [9.17, 15) is 4.79 Å². The highest BCUT2D eigenvalue weighted by atomic mass is 35.5. The molecule has 0 unspecified atom stereocenters. The lowest BCUT2D eigenvalue weighted by Gasteiger charge is -2.18. The van der Waals surface area contributed by atoms with E-state index in [1.54, 1.807) is 11.3 Å². The van der Waals surface area contributed by atoms with Gasteiger partial charge in [-0.3, -0.25) is 4.79 Å². The van der Waals surface area contributed by atoms with E-state index in [-0.39, 0.29) is 18.3 Å². The van der Waals surface area contributed by atoms with Crippen LogP contribution in [0, 0.1) is 0 Å². The normalized spacial score (nSPS) is 12.8. The zero-order chi connectivity index (χ0) is 13.8. The average Bonchev–Trinajstić information content (AvgIpc) is 2.98. The van der Waals surface area contributed by atoms with Gasteiger partial charge in [0.1, 0.15) is 0 Å². The van der Waals surface area contributed by atoms with Crippen molar-refractivity contribution in [1.29, 1.82) is 0 Å². The molecular weight excluding hydrogens is 304 g/mol. The largest absolute Gasteiger partial charge is 0.385 e. The molecule has 0 fully saturated rings. The first kappa shape index (κ1) is 15.9. The van der Waals surface area contributed by atoms with Crippen LogP contribution in [0.1, 0.15) is 23.3 Å². The molecule has 3 rings (SSSR count). The molecular formula is C16H19ClN2OS. The number of carbonyl (C=O) groups excluding carboxylic acids is 1. The number of benzene rings is 1. The molecule has 0 atom stereocenters. The van der Waals surface area contributed by atoms with Crippen LogP contribution in [-0.2, 0) is 17.6 Å². The van der Waals surface area contributed by atoms with Crippen molar-refractivity contribution in [3.05, 3.63) is 46.2 Å². The van der Waals surface area contributed by atoms with Crippen LogP contribution in [0.4, 0.5) is 11.4 Å². The van der Waals surface area contributed by atoms with E-state index in [2.05, 4.69) is 22.8 Å². The Morgan fingerprint density at radius 3 is 3.05 bits per heavy atom. The predicted molar refractivity (Wildman–Crippen MR) is 91.8 cm³/mol. The lowest BCUT2D eigenvalue weighted by Crippen LogP contribution is -2.14. The summed E-state index contributed by atoms with van der Waals surface area (Å²) in [4.78, 5) is 13.2. The summed E-state index contributed by atoms with van der Waals surface area (Å²) in [6.07, 6.45) is 3.65. The fourth-order valence-corrected chi connectivity index (χ4v) is 3.16. The summed E-state index contributed by atoms with van der Waals surface area (Å²) < 4.78 is 0. The van der Waals surface area contributed by atoms with Gasteiger partial charge in [-0.25, -0.2) is 0 Å². The van der Waals surface area contributed by atoms with Crippen molar-refractivity contribution in [3.63, 3.8) is 0 Å². The predicted octanol–water partition coefficient (Wildman–Crippen LogP) is 4.10. The Balaban J connectivity index is 0.00000161. The molecule has 2 heterocycles. The number of hydrogen-bond acceptors (Lipinski definition) is 3. The molecule has 1 aliphatic rings. The van der Waals surface area contributed by atoms with Crippen molar-refractivity contribution >= 4 is 41.0 Å². The second kappa shape index (κ2) is 7.48. The monoisotopic (exact) mass is 322 g/mol. The average molecular weight is 323 g/mol. The van der Waals surface area contributed by atoms with Crippen molar-refractivity contribution in [2.45, 2.75) is 25.7 Å². The van der Waals surface area contributed by atoms with Gasteiger partial charge < -0.3 is 10.6 Å². The molecule has 0 saturated heterocycles. The lowest BCUT2D eigenvalue weighted by molar-refractivity contribution is -0.116. The van der Waals surface area contributed by atoms with E-state index in [4.69, 9.17) is 0 Å². The summed E-state index contributed by atoms with van der Waals surface area (Å²) in [7, 11) is 0. The second-order valence-corrected chi connectivity index (χ2v) is 6.06. The van der Waals surface area contributed by atoms with E-state index >= 15 is 0 Å². The minimum atomic E-state index is 0. The number of hydrogen-bond donors (Lipinski definition) is 2. The molecule has 5 heteroatoms. The molecule has 3 nitrogen and oxygen atoms in total. The molecule has 0 bridgehead atoms. The van der Waals surface area contributed by atoms with Crippen LogP contribution in [0.15, 0.2) is 35.7 Å². The van der Waals surface area contributed by atoms with Crippen LogP contribution in [0.5, 0.6) is 0 Å². The molecule has 112 valence electrons. The number of thiophene rings is 1. The Labute approximate surface area is 135 Å². The lowest BCUT2D eigenvalue weighted by atomic mass is 10.0. The Kier molecular flexibility index (Phi) is 5.65. The van der Waals surface area contributed by atoms with E-state index in [0.717, 1.165) is 30.8 Å². The number of halogens is 1. The number of anilines is 2. The van der Waals surface area contributed by atoms with Gasteiger partial charge in [0.25, 0.3) is 0 Å². The van der Waals surface area contributed by atoms with E-state index in [1.165, 1.54) is 16.9 Å². The van der Waals surface area contributed by atoms with Gasteiger partial charge in [-0.1, -0.05) is 12.1 Å². The molecule has 1 aromatic carbocycles. The quantitative estimate of drug-likeness (QED) is 0.889. The van der Waals surface area contributed by atoms with E-state index < -0.39 is 0 Å². The number of rotatable bonds is 4. The molecule has 2 aromatic rings. The highest BCUT2D eigenvalue weighted by Gasteiger charge is 2.10. The van der Waals surface area contributed by atoms with Gasteiger partial charge in [-0.15, -0.1) is 23.7 Å². The van der Waals surface area contributed by atoms with Crippen LogP contribution in [-0.4, -0.2) is 12.5 Å². The first-order chi connectivity index (χ1) is 9.81. The maximum Gasteiger partial charge on any atom is 0.224 e. The Bertz CT molecular complexity index is 598. The molecule has 1 aromatic heterocycles. The number of fused-ring (bicyclic) bond motifs is 1. The zero-order valence-electron chi connectivity index (χ0n) is 11.7. The van der Waals surface area contributed by atoms with Crippen LogP contribution in [0.2, 0.25) is 0 Å². The summed E-state index contributed by atoms with van der Waals surface area (Å²) in [5.74, 6) is 0.0779. The fourth-order valence-electron chi connectivity index (χ4n) is 2.45. The molecule has 0 spiro atoms. The Hall–Kier alpha value is -1.52. The number of amides is 1. The fraction of sp³-hybridized carbons (Fsp3) is 0.312. The third-order valence-corrected chi connectivity index (χ3v) is 4.45. The molecule has 1 amide bonds. The highest BCUT2D eigenvalue weighted by molar-refractivity contribution is 7.09. The maximum absolute atomic E-state index is 11.9. The van der Waals surface area contributed by atoms with Gasteiger partial charge >= 0.3 is 0 Å².